The third kappa shape index (κ3) is 7.66. The van der Waals surface area contributed by atoms with Crippen molar-refractivity contribution in [2.75, 3.05) is 13.2 Å². The summed E-state index contributed by atoms with van der Waals surface area (Å²) < 4.78 is 7.44. The smallest absolute Gasteiger partial charge is 0.251 e. The van der Waals surface area contributed by atoms with Crippen LogP contribution < -0.4 is 15.4 Å². The highest BCUT2D eigenvalue weighted by Gasteiger charge is 2.18. The Morgan fingerprint density at radius 1 is 1.13 bits per heavy atom. The van der Waals surface area contributed by atoms with Crippen LogP contribution in [0.1, 0.15) is 54.2 Å². The lowest BCUT2D eigenvalue weighted by Gasteiger charge is -2.20. The molecule has 0 saturated heterocycles. The number of nitrogens with one attached hydrogen (secondary N) is 2. The van der Waals surface area contributed by atoms with Crippen molar-refractivity contribution >= 4 is 29.2 Å². The van der Waals surface area contributed by atoms with Crippen LogP contribution in [0.3, 0.4) is 0 Å². The molecule has 10 heteroatoms. The summed E-state index contributed by atoms with van der Waals surface area (Å²) in [6.45, 7) is 7.33. The van der Waals surface area contributed by atoms with E-state index in [1.54, 1.807) is 12.1 Å². The normalized spacial score (nSPS) is 11.8. The number of carbonyl (C=O) groups is 3. The molecule has 2 aromatic carbocycles. The number of Topliss-reactive ketones (excluding diaryl/α,β-unsaturated/α-hetero) is 1. The second kappa shape index (κ2) is 13.2. The van der Waals surface area contributed by atoms with Gasteiger partial charge in [-0.3, -0.25) is 14.4 Å². The Labute approximate surface area is 227 Å². The molecule has 9 nitrogen and oxygen atoms in total. The second-order valence-electron chi connectivity index (χ2n) is 9.14. The molecule has 0 saturated carbocycles. The van der Waals surface area contributed by atoms with Gasteiger partial charge in [-0.1, -0.05) is 35.9 Å². The van der Waals surface area contributed by atoms with Crippen LogP contribution in [0.2, 0.25) is 5.02 Å². The maximum absolute atomic E-state index is 13.0. The largest absolute Gasteiger partial charge is 0.489 e. The zero-order valence-corrected chi connectivity index (χ0v) is 22.7. The zero-order chi connectivity index (χ0) is 27.8. The number of benzene rings is 2. The van der Waals surface area contributed by atoms with Gasteiger partial charge in [0.15, 0.2) is 11.6 Å². The predicted octanol–water partition coefficient (Wildman–Crippen LogP) is 3.66. The fourth-order valence-corrected chi connectivity index (χ4v) is 4.13. The van der Waals surface area contributed by atoms with E-state index in [9.17, 15) is 14.4 Å². The van der Waals surface area contributed by atoms with Crippen LogP contribution in [0.15, 0.2) is 48.7 Å². The number of aryl methyl sites for hydroxylation is 1. The fraction of sp³-hybridized carbons (Fsp3) is 0.357. The van der Waals surface area contributed by atoms with Gasteiger partial charge >= 0.3 is 0 Å². The second-order valence-corrected chi connectivity index (χ2v) is 9.54. The number of amides is 2. The van der Waals surface area contributed by atoms with Crippen molar-refractivity contribution in [1.82, 2.24) is 20.2 Å². The van der Waals surface area contributed by atoms with Crippen LogP contribution in [0.4, 0.5) is 0 Å². The Kier molecular flexibility index (Phi) is 10.0. The van der Waals surface area contributed by atoms with E-state index in [1.807, 2.05) is 55.8 Å². The van der Waals surface area contributed by atoms with Crippen LogP contribution in [-0.4, -0.2) is 57.6 Å². The number of imidazole rings is 1. The molecule has 1 heterocycles. The fourth-order valence-electron chi connectivity index (χ4n) is 3.90. The van der Waals surface area contributed by atoms with Gasteiger partial charge in [0.05, 0.1) is 22.9 Å². The molecule has 38 heavy (non-hydrogen) atoms. The van der Waals surface area contributed by atoms with E-state index in [0.717, 1.165) is 11.1 Å². The summed E-state index contributed by atoms with van der Waals surface area (Å²) in [6, 6.07) is 12.0. The van der Waals surface area contributed by atoms with E-state index in [1.165, 1.54) is 13.0 Å². The minimum absolute atomic E-state index is 0.0587. The lowest BCUT2D eigenvalue weighted by molar-refractivity contribution is -0.123. The van der Waals surface area contributed by atoms with Crippen LogP contribution in [0, 0.1) is 0 Å². The number of aliphatic hydroxyl groups excluding tert-OH is 1. The molecular formula is C28H33ClN4O5. The number of aromatic nitrogens is 2. The quantitative estimate of drug-likeness (QED) is 0.301. The Balaban J connectivity index is 1.75. The molecule has 2 amide bonds. The van der Waals surface area contributed by atoms with Crippen molar-refractivity contribution in [2.45, 2.75) is 52.8 Å². The molecule has 0 bridgehead atoms. The van der Waals surface area contributed by atoms with Gasteiger partial charge < -0.3 is 25.0 Å². The summed E-state index contributed by atoms with van der Waals surface area (Å²) in [7, 11) is 0. The number of rotatable bonds is 12. The molecule has 1 aromatic heterocycles. The summed E-state index contributed by atoms with van der Waals surface area (Å²) in [5, 5.41) is 15.0. The van der Waals surface area contributed by atoms with Crippen molar-refractivity contribution in [3.05, 3.63) is 70.6 Å². The van der Waals surface area contributed by atoms with E-state index in [-0.39, 0.29) is 24.3 Å². The van der Waals surface area contributed by atoms with Gasteiger partial charge in [0.25, 0.3) is 5.91 Å². The van der Waals surface area contributed by atoms with Crippen LogP contribution in [-0.2, 0) is 17.8 Å². The van der Waals surface area contributed by atoms with Crippen molar-refractivity contribution in [2.24, 2.45) is 0 Å². The minimum Gasteiger partial charge on any atom is -0.489 e. The first-order valence-corrected chi connectivity index (χ1v) is 12.8. The molecule has 1 atom stereocenters. The summed E-state index contributed by atoms with van der Waals surface area (Å²) in [5.74, 6) is -0.0842. The number of ether oxygens (including phenoxy) is 1. The summed E-state index contributed by atoms with van der Waals surface area (Å²) in [6.07, 6.45) is 2.21. The number of nitrogens with zero attached hydrogens (tertiary/aromatic N) is 2. The number of aliphatic hydroxyl groups is 1. The molecular weight excluding hydrogens is 508 g/mol. The molecule has 3 rings (SSSR count). The number of ketones is 1. The van der Waals surface area contributed by atoms with E-state index >= 15 is 0 Å². The highest BCUT2D eigenvalue weighted by atomic mass is 35.5. The first kappa shape index (κ1) is 28.9. The van der Waals surface area contributed by atoms with Gasteiger partial charge in [0.1, 0.15) is 12.4 Å². The van der Waals surface area contributed by atoms with Crippen molar-refractivity contribution in [3.63, 3.8) is 0 Å². The number of halogens is 1. The number of carbonyl (C=O) groups excluding carboxylic acids is 3. The average Bonchev–Trinajstić information content (AvgIpc) is 3.33. The maximum Gasteiger partial charge on any atom is 0.251 e. The molecule has 0 aliphatic rings. The highest BCUT2D eigenvalue weighted by molar-refractivity contribution is 6.32. The summed E-state index contributed by atoms with van der Waals surface area (Å²) >= 11 is 6.29. The van der Waals surface area contributed by atoms with Crippen LogP contribution in [0.25, 0.3) is 11.3 Å². The lowest BCUT2D eigenvalue weighted by Crippen LogP contribution is -2.45. The van der Waals surface area contributed by atoms with E-state index in [4.69, 9.17) is 21.4 Å². The predicted molar refractivity (Wildman–Crippen MR) is 146 cm³/mol. The van der Waals surface area contributed by atoms with Gasteiger partial charge in [0, 0.05) is 37.3 Å². The Bertz CT molecular complexity index is 1290. The average molecular weight is 541 g/mol. The Morgan fingerprint density at radius 3 is 2.39 bits per heavy atom. The molecule has 0 aliphatic heterocycles. The summed E-state index contributed by atoms with van der Waals surface area (Å²) in [5.41, 5.74) is 2.83. The van der Waals surface area contributed by atoms with Gasteiger partial charge in [-0.15, -0.1) is 0 Å². The molecule has 0 fully saturated rings. The Morgan fingerprint density at radius 2 is 1.84 bits per heavy atom. The molecule has 3 aromatic rings. The van der Waals surface area contributed by atoms with Crippen molar-refractivity contribution < 1.29 is 24.2 Å². The van der Waals surface area contributed by atoms with Gasteiger partial charge in [0.2, 0.25) is 5.91 Å². The first-order valence-electron chi connectivity index (χ1n) is 12.4. The minimum atomic E-state index is -0.644. The van der Waals surface area contributed by atoms with E-state index in [0.29, 0.717) is 40.8 Å². The monoisotopic (exact) mass is 540 g/mol. The molecule has 0 spiro atoms. The highest BCUT2D eigenvalue weighted by Crippen LogP contribution is 2.26. The summed E-state index contributed by atoms with van der Waals surface area (Å²) in [4.78, 5) is 41.0. The lowest BCUT2D eigenvalue weighted by atomic mass is 10.0. The zero-order valence-electron chi connectivity index (χ0n) is 22.0. The van der Waals surface area contributed by atoms with Gasteiger partial charge in [-0.2, -0.15) is 0 Å². The van der Waals surface area contributed by atoms with Gasteiger partial charge in [-0.25, -0.2) is 4.98 Å². The van der Waals surface area contributed by atoms with Crippen LogP contribution in [0.5, 0.6) is 5.75 Å². The third-order valence-corrected chi connectivity index (χ3v) is 6.04. The molecule has 202 valence electrons. The maximum atomic E-state index is 13.0. The molecule has 0 aliphatic carbocycles. The number of hydrogen-bond acceptors (Lipinski definition) is 6. The van der Waals surface area contributed by atoms with Crippen molar-refractivity contribution in [3.8, 4) is 17.0 Å². The van der Waals surface area contributed by atoms with Crippen LogP contribution >= 0.6 is 11.6 Å². The standard InChI is InChI=1S/C28H33ClN4O5/c1-5-33-15-24(32-27(33)18(4)35)20-8-6-19(7-9-20)12-22(14-30-26(36)16-34)31-28(37)21-10-11-25(23(29)13-21)38-17(2)3/h6-11,13,15,17,22,34H,5,12,14,16H2,1-4H3,(H,30,36)(H,31,37)/t22-/m0/s1. The first-order chi connectivity index (χ1) is 18.1. The Hall–Kier alpha value is -3.69. The topological polar surface area (TPSA) is 123 Å². The van der Waals surface area contributed by atoms with Crippen molar-refractivity contribution in [1.29, 1.82) is 0 Å². The van der Waals surface area contributed by atoms with E-state index < -0.39 is 18.6 Å². The van der Waals surface area contributed by atoms with Gasteiger partial charge in [-0.05, 0) is 51.0 Å². The SMILES string of the molecule is CCn1cc(-c2ccc(C[C@@H](CNC(=O)CO)NC(=O)c3ccc(OC(C)C)c(Cl)c3)cc2)nc1C(C)=O. The molecule has 0 radical (unpaired) electrons. The third-order valence-electron chi connectivity index (χ3n) is 5.75. The van der Waals surface area contributed by atoms with E-state index in [2.05, 4.69) is 15.6 Å². The number of hydrogen-bond donors (Lipinski definition) is 3. The molecule has 3 N–H and O–H groups in total. The molecule has 0 unspecified atom stereocenters.